The number of nitrogens with two attached hydrogens (primary N) is 3. The van der Waals surface area contributed by atoms with Gasteiger partial charge in [-0.05, 0) is 0 Å². The third-order valence-electron chi connectivity index (χ3n) is 1.75. The fraction of sp³-hybridized carbons (Fsp3) is 0.857. The number of primary amides is 1. The highest BCUT2D eigenvalue weighted by molar-refractivity contribution is 5.70. The molecule has 1 fully saturated rings. The van der Waals surface area contributed by atoms with Crippen LogP contribution in [0.2, 0.25) is 0 Å². The van der Waals surface area contributed by atoms with Crippen LogP contribution in [0.3, 0.4) is 0 Å². The van der Waals surface area contributed by atoms with Gasteiger partial charge in [-0.1, -0.05) is 38.5 Å². The summed E-state index contributed by atoms with van der Waals surface area (Å²) in [5.74, 6) is 9.14. The third-order valence-corrected chi connectivity index (χ3v) is 1.75. The van der Waals surface area contributed by atoms with Crippen LogP contribution in [0, 0.1) is 0 Å². The number of urea groups is 1. The number of hydrogen-bond donors (Lipinski definition) is 4. The first kappa shape index (κ1) is 14.7. The maximum absolute atomic E-state index is 9.60. The van der Waals surface area contributed by atoms with Crippen LogP contribution in [0.15, 0.2) is 0 Å². The fourth-order valence-electron chi connectivity index (χ4n) is 1.06. The molecule has 1 aliphatic carbocycles. The van der Waals surface area contributed by atoms with E-state index in [1.165, 1.54) is 38.5 Å². The van der Waals surface area contributed by atoms with E-state index in [0.29, 0.717) is 5.12 Å². The number of amides is 2. The van der Waals surface area contributed by atoms with E-state index in [9.17, 15) is 4.79 Å². The second kappa shape index (κ2) is 9.24. The smallest absolute Gasteiger partial charge is 0.343 e. The van der Waals surface area contributed by atoms with Crippen molar-refractivity contribution in [3.8, 4) is 0 Å². The lowest BCUT2D eigenvalue weighted by Crippen LogP contribution is -2.46. The number of carbonyl (C=O) groups is 1. The average Bonchev–Trinajstić information content (AvgIpc) is 2.08. The molecule has 9 N–H and O–H groups in total. The van der Waals surface area contributed by atoms with Gasteiger partial charge in [0.1, 0.15) is 0 Å². The zero-order chi connectivity index (χ0) is 9.40. The highest BCUT2D eigenvalue weighted by Gasteiger charge is 1.95. The predicted molar refractivity (Wildman–Crippen MR) is 52.5 cm³/mol. The first-order chi connectivity index (χ1) is 5.64. The van der Waals surface area contributed by atoms with Gasteiger partial charge in [0, 0.05) is 0 Å². The largest absolute Gasteiger partial charge is 0.349 e. The minimum atomic E-state index is -0.852. The van der Waals surface area contributed by atoms with Gasteiger partial charge in [0.25, 0.3) is 0 Å². The van der Waals surface area contributed by atoms with Crippen molar-refractivity contribution in [1.29, 1.82) is 0 Å². The van der Waals surface area contributed by atoms with Crippen molar-refractivity contribution in [1.82, 2.24) is 11.3 Å². The number of nitrogens with zero attached hydrogens (tertiary/aromatic N) is 1. The summed E-state index contributed by atoms with van der Waals surface area (Å²) in [6.07, 6.45) is 9.00. The molecule has 0 aromatic rings. The van der Waals surface area contributed by atoms with Gasteiger partial charge in [-0.15, -0.1) is 0 Å². The molecule has 1 saturated carbocycles. The Labute approximate surface area is 78.9 Å². The first-order valence-electron chi connectivity index (χ1n) is 4.23. The normalized spacial score (nSPS) is 14.6. The topological polar surface area (TPSA) is 133 Å². The van der Waals surface area contributed by atoms with E-state index in [1.807, 2.05) is 0 Å². The molecule has 0 heterocycles. The first-order valence-corrected chi connectivity index (χ1v) is 4.23. The molecule has 0 aliphatic heterocycles. The average molecular weight is 191 g/mol. The Morgan fingerprint density at radius 2 is 1.08 bits per heavy atom. The Balaban J connectivity index is 0. The second-order valence-electron chi connectivity index (χ2n) is 2.87. The van der Waals surface area contributed by atoms with E-state index in [2.05, 4.69) is 17.4 Å². The summed E-state index contributed by atoms with van der Waals surface area (Å²) in [4.78, 5) is 9.60. The zero-order valence-electron chi connectivity index (χ0n) is 8.04. The van der Waals surface area contributed by atoms with Crippen molar-refractivity contribution >= 4 is 6.03 Å². The molecule has 2 amide bonds. The van der Waals surface area contributed by atoms with Crippen molar-refractivity contribution in [3.63, 3.8) is 0 Å². The molecular weight excluding hydrogens is 170 g/mol. The lowest BCUT2D eigenvalue weighted by molar-refractivity contribution is 0.210. The van der Waals surface area contributed by atoms with E-state index in [4.69, 9.17) is 0 Å². The van der Waals surface area contributed by atoms with Crippen LogP contribution >= 0.6 is 0 Å². The third kappa shape index (κ3) is 11.1. The van der Waals surface area contributed by atoms with E-state index in [1.54, 1.807) is 0 Å². The summed E-state index contributed by atoms with van der Waals surface area (Å²) in [7, 11) is 0. The molecule has 1 rings (SSSR count). The molecule has 1 aliphatic rings. The number of hydrogen-bond acceptors (Lipinski definition) is 4. The molecule has 0 radical (unpaired) electrons. The van der Waals surface area contributed by atoms with Crippen LogP contribution in [-0.2, 0) is 0 Å². The van der Waals surface area contributed by atoms with Crippen LogP contribution in [0.1, 0.15) is 38.5 Å². The van der Waals surface area contributed by atoms with Gasteiger partial charge in [0.05, 0.1) is 0 Å². The molecule has 0 aromatic heterocycles. The van der Waals surface area contributed by atoms with Gasteiger partial charge in [-0.3, -0.25) is 0 Å². The van der Waals surface area contributed by atoms with E-state index in [0.717, 1.165) is 0 Å². The van der Waals surface area contributed by atoms with Crippen LogP contribution in [0.25, 0.3) is 0 Å². The van der Waals surface area contributed by atoms with Gasteiger partial charge in [-0.25, -0.2) is 16.5 Å². The lowest BCUT2D eigenvalue weighted by atomic mass is 10.0. The molecule has 6 heteroatoms. The summed E-state index contributed by atoms with van der Waals surface area (Å²) in [6, 6.07) is -0.852. The minimum Gasteiger partial charge on any atom is -0.349 e. The molecular formula is C7H21N5O. The zero-order valence-corrected chi connectivity index (χ0v) is 8.04. The summed E-state index contributed by atoms with van der Waals surface area (Å²) in [5, 5.41) is 0.306. The molecule has 0 aromatic carbocycles. The summed E-state index contributed by atoms with van der Waals surface area (Å²) in [6.45, 7) is 0. The van der Waals surface area contributed by atoms with E-state index >= 15 is 0 Å². The van der Waals surface area contributed by atoms with Gasteiger partial charge in [0.15, 0.2) is 0 Å². The molecule has 80 valence electrons. The Morgan fingerprint density at radius 1 is 0.923 bits per heavy atom. The molecule has 6 nitrogen and oxygen atoms in total. The molecule has 0 bridgehead atoms. The van der Waals surface area contributed by atoms with Crippen LogP contribution in [0.4, 0.5) is 4.79 Å². The van der Waals surface area contributed by atoms with Crippen molar-refractivity contribution < 1.29 is 4.79 Å². The van der Waals surface area contributed by atoms with Gasteiger partial charge in [-0.2, -0.15) is 5.12 Å². The second-order valence-corrected chi connectivity index (χ2v) is 2.87. The van der Waals surface area contributed by atoms with Gasteiger partial charge < -0.3 is 11.9 Å². The molecule has 0 unspecified atom stereocenters. The Bertz CT molecular complexity index is 113. The molecule has 0 saturated heterocycles. The molecule has 13 heavy (non-hydrogen) atoms. The van der Waals surface area contributed by atoms with Crippen LogP contribution in [-0.4, -0.2) is 11.1 Å². The Hall–Kier alpha value is -0.850. The SMILES string of the molecule is C1CCCCC1.N.NC(=O)N(N)N. The van der Waals surface area contributed by atoms with Gasteiger partial charge >= 0.3 is 6.03 Å². The van der Waals surface area contributed by atoms with Crippen LogP contribution in [0.5, 0.6) is 0 Å². The van der Waals surface area contributed by atoms with Crippen molar-refractivity contribution in [3.05, 3.63) is 0 Å². The van der Waals surface area contributed by atoms with Crippen molar-refractivity contribution in [2.75, 3.05) is 0 Å². The van der Waals surface area contributed by atoms with Crippen molar-refractivity contribution in [2.45, 2.75) is 38.5 Å². The number of hydrazine groups is 2. The maximum Gasteiger partial charge on any atom is 0.343 e. The standard InChI is InChI=1S/C6H12.CH6N4O.H3N/c1-2-4-6-5-3-1;2-1(6)5(3)4;/h1-6H2;3-4H2,(H2,2,6);1H3. The van der Waals surface area contributed by atoms with Crippen molar-refractivity contribution in [2.24, 2.45) is 17.4 Å². The fourth-order valence-corrected chi connectivity index (χ4v) is 1.06. The summed E-state index contributed by atoms with van der Waals surface area (Å²) < 4.78 is 0. The maximum atomic E-state index is 9.60. The summed E-state index contributed by atoms with van der Waals surface area (Å²) >= 11 is 0. The Morgan fingerprint density at radius 3 is 1.15 bits per heavy atom. The lowest BCUT2D eigenvalue weighted by Gasteiger charge is -2.05. The molecule has 0 atom stereocenters. The number of carbonyl (C=O) groups excluding carboxylic acids is 1. The van der Waals surface area contributed by atoms with E-state index < -0.39 is 6.03 Å². The van der Waals surface area contributed by atoms with Gasteiger partial charge in [0.2, 0.25) is 0 Å². The summed E-state index contributed by atoms with van der Waals surface area (Å²) in [5.41, 5.74) is 4.47. The molecule has 0 spiro atoms. The minimum absolute atomic E-state index is 0. The monoisotopic (exact) mass is 191 g/mol. The predicted octanol–water partition coefficient (Wildman–Crippen LogP) is 0.617. The quantitative estimate of drug-likeness (QED) is 0.253. The highest BCUT2D eigenvalue weighted by Crippen LogP contribution is 2.15. The number of rotatable bonds is 0. The van der Waals surface area contributed by atoms with Crippen LogP contribution < -0.4 is 23.6 Å². The van der Waals surface area contributed by atoms with E-state index in [-0.39, 0.29) is 6.15 Å². The Kier molecular flexibility index (Phi) is 10.4. The highest BCUT2D eigenvalue weighted by atomic mass is 16.2.